The highest BCUT2D eigenvalue weighted by Gasteiger charge is 2.24. The summed E-state index contributed by atoms with van der Waals surface area (Å²) in [6, 6.07) is 24.1. The lowest BCUT2D eigenvalue weighted by Crippen LogP contribution is -2.29. The predicted octanol–water partition coefficient (Wildman–Crippen LogP) is 6.62. The maximum Gasteiger partial charge on any atom is 0.338 e. The first-order chi connectivity index (χ1) is 28.3. The summed E-state index contributed by atoms with van der Waals surface area (Å²) in [6.07, 6.45) is -2.82. The number of hydrogen-bond donors (Lipinski definition) is 2. The van der Waals surface area contributed by atoms with Crippen LogP contribution in [0, 0.1) is 13.8 Å². The number of nitrogens with zero attached hydrogens (tertiary/aromatic N) is 2. The van der Waals surface area contributed by atoms with Crippen LogP contribution in [-0.4, -0.2) is 111 Å². The minimum atomic E-state index is -1.16. The number of esters is 2. The fraction of sp³-hybridized carbons (Fsp3) is 0.404. The Hall–Kier alpha value is -5.40. The van der Waals surface area contributed by atoms with E-state index in [1.807, 2.05) is 38.1 Å². The van der Waals surface area contributed by atoms with E-state index in [1.165, 1.54) is 12.1 Å². The fourth-order valence-electron chi connectivity index (χ4n) is 6.67. The van der Waals surface area contributed by atoms with E-state index < -0.39 is 30.3 Å². The molecule has 2 N–H and O–H groups in total. The van der Waals surface area contributed by atoms with Crippen molar-refractivity contribution in [2.24, 2.45) is 0 Å². The Balaban J connectivity index is 1.20. The van der Waals surface area contributed by atoms with E-state index in [0.717, 1.165) is 48.7 Å². The summed E-state index contributed by atoms with van der Waals surface area (Å²) < 4.78 is 21.9. The second-order valence-corrected chi connectivity index (χ2v) is 14.3. The Bertz CT molecular complexity index is 2040. The van der Waals surface area contributed by atoms with Gasteiger partial charge in [-0.15, -0.1) is 0 Å². The maximum absolute atomic E-state index is 13.6. The van der Waals surface area contributed by atoms with Gasteiger partial charge in [0.2, 0.25) is 0 Å². The van der Waals surface area contributed by atoms with E-state index in [1.54, 1.807) is 55.5 Å². The predicted molar refractivity (Wildman–Crippen MR) is 228 cm³/mol. The van der Waals surface area contributed by atoms with E-state index in [4.69, 9.17) is 18.9 Å². The number of carbonyl (C=O) groups is 4. The highest BCUT2D eigenvalue weighted by atomic mass is 16.6. The van der Waals surface area contributed by atoms with Crippen LogP contribution in [0.5, 0.6) is 0 Å². The van der Waals surface area contributed by atoms with Crippen LogP contribution in [-0.2, 0) is 18.9 Å². The van der Waals surface area contributed by atoms with Gasteiger partial charge in [-0.05, 0) is 108 Å². The number of aliphatic hydroxyl groups excluding tert-OH is 2. The lowest BCUT2D eigenvalue weighted by atomic mass is 9.95. The Morgan fingerprint density at radius 2 is 0.915 bits per heavy atom. The summed E-state index contributed by atoms with van der Waals surface area (Å²) in [5.41, 5.74) is 5.17. The van der Waals surface area contributed by atoms with Crippen LogP contribution in [0.3, 0.4) is 0 Å². The first-order valence-electron chi connectivity index (χ1n) is 20.2. The standard InChI is InChI=1S/C47H58N2O10/c1-8-48(9-2)34-20-22-38(31(5)24-34)44(52)40-16-12-14-18-42(40)46(54)58-29-36(50)27-56-26-33(7)57-28-37(51)30-59-47(55)43-19-15-13-17-41(43)45(53)39-23-21-35(25-32(39)6)49(10-3)11-4/h12-25,33,36-37,50-51H,8-11,26-30H2,1-7H3. The van der Waals surface area contributed by atoms with Crippen LogP contribution < -0.4 is 9.80 Å². The molecule has 0 aliphatic heterocycles. The molecule has 4 aromatic rings. The van der Waals surface area contributed by atoms with Gasteiger partial charge in [0, 0.05) is 59.8 Å². The van der Waals surface area contributed by atoms with E-state index in [0.29, 0.717) is 11.1 Å². The third-order valence-electron chi connectivity index (χ3n) is 10.00. The minimum absolute atomic E-state index is 0.0477. The highest BCUT2D eigenvalue weighted by molar-refractivity contribution is 6.16. The molecule has 4 rings (SSSR count). The van der Waals surface area contributed by atoms with Crippen molar-refractivity contribution < 1.29 is 48.3 Å². The normalized spacial score (nSPS) is 12.6. The van der Waals surface area contributed by atoms with Gasteiger partial charge in [0.05, 0.1) is 37.1 Å². The second kappa shape index (κ2) is 22.7. The van der Waals surface area contributed by atoms with Crippen molar-refractivity contribution in [3.63, 3.8) is 0 Å². The number of ether oxygens (including phenoxy) is 4. The number of hydrogen-bond acceptors (Lipinski definition) is 12. The van der Waals surface area contributed by atoms with Gasteiger partial charge in [-0.3, -0.25) is 9.59 Å². The van der Waals surface area contributed by atoms with Crippen molar-refractivity contribution in [1.29, 1.82) is 0 Å². The van der Waals surface area contributed by atoms with Crippen LogP contribution in [0.1, 0.15) is 98.3 Å². The number of rotatable bonds is 23. The number of carbonyl (C=O) groups excluding carboxylic acids is 4. The Labute approximate surface area is 347 Å². The fourth-order valence-corrected chi connectivity index (χ4v) is 6.67. The molecule has 4 aromatic carbocycles. The largest absolute Gasteiger partial charge is 0.459 e. The average molecular weight is 811 g/mol. The molecule has 0 aliphatic rings. The zero-order valence-corrected chi connectivity index (χ0v) is 35.2. The van der Waals surface area contributed by atoms with Crippen molar-refractivity contribution >= 4 is 34.9 Å². The van der Waals surface area contributed by atoms with Gasteiger partial charge >= 0.3 is 11.9 Å². The monoisotopic (exact) mass is 810 g/mol. The third kappa shape index (κ3) is 12.5. The minimum Gasteiger partial charge on any atom is -0.459 e. The zero-order chi connectivity index (χ0) is 43.1. The van der Waals surface area contributed by atoms with Crippen molar-refractivity contribution in [3.05, 3.63) is 129 Å². The molecule has 3 atom stereocenters. The summed E-state index contributed by atoms with van der Waals surface area (Å²) in [5, 5.41) is 20.9. The molecule has 316 valence electrons. The molecular formula is C47H58N2O10. The lowest BCUT2D eigenvalue weighted by molar-refractivity contribution is -0.0702. The lowest BCUT2D eigenvalue weighted by Gasteiger charge is -2.22. The molecule has 0 saturated heterocycles. The van der Waals surface area contributed by atoms with Crippen molar-refractivity contribution in [2.75, 3.05) is 69.0 Å². The Kier molecular flexibility index (Phi) is 17.8. The smallest absolute Gasteiger partial charge is 0.338 e. The van der Waals surface area contributed by atoms with E-state index in [9.17, 15) is 29.4 Å². The van der Waals surface area contributed by atoms with Crippen molar-refractivity contribution in [2.45, 2.75) is 66.8 Å². The van der Waals surface area contributed by atoms with Crippen molar-refractivity contribution in [3.8, 4) is 0 Å². The van der Waals surface area contributed by atoms with Crippen LogP contribution in [0.2, 0.25) is 0 Å². The van der Waals surface area contributed by atoms with E-state index >= 15 is 0 Å². The maximum atomic E-state index is 13.6. The van der Waals surface area contributed by atoms with Gasteiger partial charge in [0.15, 0.2) is 11.6 Å². The van der Waals surface area contributed by atoms with Gasteiger partial charge in [-0.25, -0.2) is 9.59 Å². The number of ketones is 2. The molecule has 12 nitrogen and oxygen atoms in total. The van der Waals surface area contributed by atoms with Gasteiger partial charge in [0.25, 0.3) is 0 Å². The molecule has 0 fully saturated rings. The average Bonchev–Trinajstić information content (AvgIpc) is 3.24. The number of anilines is 2. The van der Waals surface area contributed by atoms with Gasteiger partial charge in [0.1, 0.15) is 25.4 Å². The molecule has 12 heteroatoms. The first-order valence-corrected chi connectivity index (χ1v) is 20.2. The second-order valence-electron chi connectivity index (χ2n) is 14.3. The SMILES string of the molecule is CCN(CC)c1ccc(C(=O)c2ccccc2C(=O)OCC(O)COCC(C)OCC(O)COC(=O)c2ccccc2C(=O)c2ccc(N(CC)CC)cc2C)c(C)c1. The molecule has 0 aliphatic carbocycles. The van der Waals surface area contributed by atoms with Crippen molar-refractivity contribution in [1.82, 2.24) is 0 Å². The van der Waals surface area contributed by atoms with E-state index in [-0.39, 0.29) is 66.9 Å². The molecule has 0 amide bonds. The summed E-state index contributed by atoms with van der Waals surface area (Å²) in [5.74, 6) is -2.10. The highest BCUT2D eigenvalue weighted by Crippen LogP contribution is 2.25. The topological polar surface area (TPSA) is 152 Å². The summed E-state index contributed by atoms with van der Waals surface area (Å²) >= 11 is 0. The molecule has 59 heavy (non-hydrogen) atoms. The summed E-state index contributed by atoms with van der Waals surface area (Å²) in [6.45, 7) is 16.0. The quantitative estimate of drug-likeness (QED) is 0.0613. The molecule has 3 unspecified atom stereocenters. The Morgan fingerprint density at radius 1 is 0.525 bits per heavy atom. The van der Waals surface area contributed by atoms with Crippen LogP contribution >= 0.6 is 0 Å². The molecule has 0 aromatic heterocycles. The van der Waals surface area contributed by atoms with Gasteiger partial charge < -0.3 is 39.0 Å². The molecule has 0 radical (unpaired) electrons. The van der Waals surface area contributed by atoms with Gasteiger partial charge in [-0.1, -0.05) is 36.4 Å². The molecule has 0 bridgehead atoms. The third-order valence-corrected chi connectivity index (χ3v) is 10.00. The molecule has 0 heterocycles. The molecule has 0 saturated carbocycles. The first kappa shape index (κ1) is 46.3. The number of aliphatic hydroxyl groups is 2. The van der Waals surface area contributed by atoms with Gasteiger partial charge in [-0.2, -0.15) is 0 Å². The van der Waals surface area contributed by atoms with Crippen LogP contribution in [0.15, 0.2) is 84.9 Å². The Morgan fingerprint density at radius 3 is 1.31 bits per heavy atom. The molecular weight excluding hydrogens is 753 g/mol. The molecule has 0 spiro atoms. The summed E-state index contributed by atoms with van der Waals surface area (Å²) in [7, 11) is 0. The number of aryl methyl sites for hydroxylation is 2. The van der Waals surface area contributed by atoms with Crippen LogP contribution in [0.4, 0.5) is 11.4 Å². The zero-order valence-electron chi connectivity index (χ0n) is 35.2. The van der Waals surface area contributed by atoms with E-state index in [2.05, 4.69) is 37.5 Å². The van der Waals surface area contributed by atoms with Crippen LogP contribution in [0.25, 0.3) is 0 Å². The number of benzene rings is 4. The summed E-state index contributed by atoms with van der Waals surface area (Å²) in [4.78, 5) is 57.6.